The summed E-state index contributed by atoms with van der Waals surface area (Å²) in [6, 6.07) is 12.3. The summed E-state index contributed by atoms with van der Waals surface area (Å²) in [6.07, 6.45) is 0.730. The van der Waals surface area contributed by atoms with Crippen molar-refractivity contribution in [3.05, 3.63) is 53.6 Å². The van der Waals surface area contributed by atoms with E-state index in [1.54, 1.807) is 43.3 Å². The first-order valence-corrected chi connectivity index (χ1v) is 12.7. The van der Waals surface area contributed by atoms with Crippen LogP contribution in [0.25, 0.3) is 0 Å². The Balaban J connectivity index is 1.46. The number of aryl methyl sites for hydroxylation is 2. The molecule has 10 heteroatoms. The lowest BCUT2D eigenvalue weighted by Gasteiger charge is -2.31. The van der Waals surface area contributed by atoms with Gasteiger partial charge in [0.1, 0.15) is 0 Å². The molecular weight excluding hydrogens is 458 g/mol. The number of nitrogens with zero attached hydrogens (tertiary/aromatic N) is 1. The Kier molecular flexibility index (Phi) is 8.51. The number of sulfonamides is 1. The number of benzene rings is 2. The van der Waals surface area contributed by atoms with Crippen LogP contribution in [-0.4, -0.2) is 50.8 Å². The van der Waals surface area contributed by atoms with E-state index in [0.717, 1.165) is 5.56 Å². The molecule has 9 nitrogen and oxygen atoms in total. The molecule has 2 N–H and O–H groups in total. The minimum Gasteiger partial charge on any atom is -0.490 e. The van der Waals surface area contributed by atoms with Gasteiger partial charge in [-0.1, -0.05) is 29.8 Å². The summed E-state index contributed by atoms with van der Waals surface area (Å²) in [4.78, 5) is 24.9. The number of hydrazine groups is 1. The molecule has 184 valence electrons. The molecule has 0 atom stereocenters. The zero-order chi connectivity index (χ0) is 24.7. The number of rotatable bonds is 8. The van der Waals surface area contributed by atoms with Gasteiger partial charge in [0.15, 0.2) is 18.1 Å². The van der Waals surface area contributed by atoms with E-state index >= 15 is 0 Å². The van der Waals surface area contributed by atoms with Crippen molar-refractivity contribution in [1.29, 1.82) is 0 Å². The number of amides is 2. The SMILES string of the molecule is CCOc1ccccc1OCC(=O)NNC(=O)C1CCN(S(=O)(=O)c2ccc(C)cc2C)CC1. The van der Waals surface area contributed by atoms with Gasteiger partial charge in [-0.05, 0) is 57.4 Å². The predicted molar refractivity (Wildman–Crippen MR) is 127 cm³/mol. The number of hydrogen-bond acceptors (Lipinski definition) is 6. The van der Waals surface area contributed by atoms with E-state index < -0.39 is 21.8 Å². The Bertz CT molecular complexity index is 1130. The fourth-order valence-corrected chi connectivity index (χ4v) is 5.52. The third-order valence-corrected chi connectivity index (χ3v) is 7.66. The van der Waals surface area contributed by atoms with Crippen LogP contribution in [0, 0.1) is 19.8 Å². The van der Waals surface area contributed by atoms with Crippen molar-refractivity contribution in [3.8, 4) is 11.5 Å². The molecule has 2 aromatic rings. The Labute approximate surface area is 200 Å². The van der Waals surface area contributed by atoms with Gasteiger partial charge in [-0.25, -0.2) is 8.42 Å². The summed E-state index contributed by atoms with van der Waals surface area (Å²) in [5.74, 6) is -0.306. The van der Waals surface area contributed by atoms with Gasteiger partial charge in [-0.2, -0.15) is 4.31 Å². The van der Waals surface area contributed by atoms with Gasteiger partial charge in [-0.15, -0.1) is 0 Å². The fraction of sp³-hybridized carbons (Fsp3) is 0.417. The standard InChI is InChI=1S/C24H31N3O6S/c1-4-32-20-7-5-6-8-21(20)33-16-23(28)25-26-24(29)19-11-13-27(14-12-19)34(30,31)22-10-9-17(2)15-18(22)3/h5-10,15,19H,4,11-14,16H2,1-3H3,(H,25,28)(H,26,29). The smallest absolute Gasteiger partial charge is 0.276 e. The maximum atomic E-state index is 13.0. The average Bonchev–Trinajstić information content (AvgIpc) is 2.82. The molecular formula is C24H31N3O6S. The van der Waals surface area contributed by atoms with Crippen LogP contribution < -0.4 is 20.3 Å². The van der Waals surface area contributed by atoms with Crippen LogP contribution in [0.4, 0.5) is 0 Å². The number of ether oxygens (including phenoxy) is 2. The second-order valence-corrected chi connectivity index (χ2v) is 10.1. The largest absolute Gasteiger partial charge is 0.490 e. The van der Waals surface area contributed by atoms with Gasteiger partial charge in [0, 0.05) is 19.0 Å². The lowest BCUT2D eigenvalue weighted by atomic mass is 9.98. The molecule has 1 aliphatic rings. The van der Waals surface area contributed by atoms with E-state index in [1.165, 1.54) is 4.31 Å². The molecule has 0 unspecified atom stereocenters. The van der Waals surface area contributed by atoms with Crippen LogP contribution >= 0.6 is 0 Å². The molecule has 0 spiro atoms. The molecule has 1 heterocycles. The highest BCUT2D eigenvalue weighted by Crippen LogP contribution is 2.27. The maximum absolute atomic E-state index is 13.0. The Morgan fingerprint density at radius 1 is 1.00 bits per heavy atom. The van der Waals surface area contributed by atoms with Gasteiger partial charge >= 0.3 is 0 Å². The molecule has 0 radical (unpaired) electrons. The van der Waals surface area contributed by atoms with E-state index in [9.17, 15) is 18.0 Å². The molecule has 1 aliphatic heterocycles. The molecule has 3 rings (SSSR count). The van der Waals surface area contributed by atoms with Crippen molar-refractivity contribution in [2.75, 3.05) is 26.3 Å². The summed E-state index contributed by atoms with van der Waals surface area (Å²) >= 11 is 0. The van der Waals surface area contributed by atoms with Crippen molar-refractivity contribution in [2.24, 2.45) is 5.92 Å². The summed E-state index contributed by atoms with van der Waals surface area (Å²) in [5.41, 5.74) is 6.46. The fourth-order valence-electron chi connectivity index (χ4n) is 3.84. The number of para-hydroxylation sites is 2. The first kappa shape index (κ1) is 25.5. The Morgan fingerprint density at radius 3 is 2.26 bits per heavy atom. The third-order valence-electron chi connectivity index (χ3n) is 5.61. The van der Waals surface area contributed by atoms with Crippen LogP contribution in [0.2, 0.25) is 0 Å². The lowest BCUT2D eigenvalue weighted by molar-refractivity contribution is -0.132. The van der Waals surface area contributed by atoms with E-state index in [-0.39, 0.29) is 25.6 Å². The van der Waals surface area contributed by atoms with Crippen molar-refractivity contribution in [3.63, 3.8) is 0 Å². The second-order valence-electron chi connectivity index (χ2n) is 8.15. The number of piperidine rings is 1. The molecule has 2 aromatic carbocycles. The van der Waals surface area contributed by atoms with Crippen molar-refractivity contribution >= 4 is 21.8 Å². The van der Waals surface area contributed by atoms with E-state index in [1.807, 2.05) is 19.9 Å². The van der Waals surface area contributed by atoms with Crippen LogP contribution in [0.15, 0.2) is 47.4 Å². The van der Waals surface area contributed by atoms with E-state index in [0.29, 0.717) is 41.4 Å². The molecule has 0 aromatic heterocycles. The Morgan fingerprint density at radius 2 is 1.65 bits per heavy atom. The number of nitrogens with one attached hydrogen (secondary N) is 2. The van der Waals surface area contributed by atoms with Crippen LogP contribution in [0.3, 0.4) is 0 Å². The van der Waals surface area contributed by atoms with Crippen molar-refractivity contribution in [1.82, 2.24) is 15.2 Å². The highest BCUT2D eigenvalue weighted by molar-refractivity contribution is 7.89. The van der Waals surface area contributed by atoms with Gasteiger partial charge in [0.2, 0.25) is 15.9 Å². The summed E-state index contributed by atoms with van der Waals surface area (Å²) in [7, 11) is -3.62. The van der Waals surface area contributed by atoms with E-state index in [2.05, 4.69) is 10.9 Å². The first-order chi connectivity index (χ1) is 16.2. The summed E-state index contributed by atoms with van der Waals surface area (Å²) in [5, 5.41) is 0. The molecule has 0 saturated carbocycles. The maximum Gasteiger partial charge on any atom is 0.276 e. The molecule has 1 saturated heterocycles. The normalized spacial score (nSPS) is 14.9. The topological polar surface area (TPSA) is 114 Å². The number of hydrogen-bond donors (Lipinski definition) is 2. The van der Waals surface area contributed by atoms with E-state index in [4.69, 9.17) is 9.47 Å². The van der Waals surface area contributed by atoms with Crippen LogP contribution in [0.5, 0.6) is 11.5 Å². The van der Waals surface area contributed by atoms with Crippen LogP contribution in [0.1, 0.15) is 30.9 Å². The highest BCUT2D eigenvalue weighted by atomic mass is 32.2. The number of carbonyl (C=O) groups excluding carboxylic acids is 2. The van der Waals surface area contributed by atoms with Gasteiger partial charge in [-0.3, -0.25) is 20.4 Å². The third kappa shape index (κ3) is 6.27. The lowest BCUT2D eigenvalue weighted by Crippen LogP contribution is -2.49. The molecule has 1 fully saturated rings. The van der Waals surface area contributed by atoms with Crippen molar-refractivity contribution < 1.29 is 27.5 Å². The van der Waals surface area contributed by atoms with Crippen LogP contribution in [-0.2, 0) is 19.6 Å². The zero-order valence-electron chi connectivity index (χ0n) is 19.7. The monoisotopic (exact) mass is 489 g/mol. The van der Waals surface area contributed by atoms with Gasteiger partial charge < -0.3 is 9.47 Å². The van der Waals surface area contributed by atoms with Crippen molar-refractivity contribution in [2.45, 2.75) is 38.5 Å². The van der Waals surface area contributed by atoms with Gasteiger partial charge in [0.05, 0.1) is 11.5 Å². The Hall–Kier alpha value is -3.11. The zero-order valence-corrected chi connectivity index (χ0v) is 20.5. The first-order valence-electron chi connectivity index (χ1n) is 11.2. The average molecular weight is 490 g/mol. The predicted octanol–water partition coefficient (Wildman–Crippen LogP) is 2.33. The molecule has 0 bridgehead atoms. The minimum absolute atomic E-state index is 0.235. The number of carbonyl (C=O) groups is 2. The highest BCUT2D eigenvalue weighted by Gasteiger charge is 2.33. The molecule has 34 heavy (non-hydrogen) atoms. The quantitative estimate of drug-likeness (QED) is 0.550. The summed E-state index contributed by atoms with van der Waals surface area (Å²) in [6.45, 7) is 6.19. The minimum atomic E-state index is -3.62. The van der Waals surface area contributed by atoms with Gasteiger partial charge in [0.25, 0.3) is 5.91 Å². The molecule has 2 amide bonds. The summed E-state index contributed by atoms with van der Waals surface area (Å²) < 4.78 is 38.4. The second kappa shape index (κ2) is 11.3. The molecule has 0 aliphatic carbocycles.